The van der Waals surface area contributed by atoms with E-state index in [4.69, 9.17) is 4.74 Å². The molecule has 2 unspecified atom stereocenters. The summed E-state index contributed by atoms with van der Waals surface area (Å²) >= 11 is 0. The lowest BCUT2D eigenvalue weighted by Gasteiger charge is -2.31. The fraction of sp³-hybridized carbons (Fsp3) is 0.429. The second-order valence-corrected chi connectivity index (χ2v) is 4.99. The van der Waals surface area contributed by atoms with Crippen LogP contribution >= 0.6 is 0 Å². The van der Waals surface area contributed by atoms with Crippen LogP contribution in [0.4, 0.5) is 0 Å². The van der Waals surface area contributed by atoms with Crippen molar-refractivity contribution < 1.29 is 14.3 Å². The van der Waals surface area contributed by atoms with E-state index >= 15 is 0 Å². The van der Waals surface area contributed by atoms with Crippen molar-refractivity contribution in [2.75, 3.05) is 19.7 Å². The SMILES string of the molecule is CC1NCC(=O)N(CC2COc3ccccc32)C1=O. The summed E-state index contributed by atoms with van der Waals surface area (Å²) in [4.78, 5) is 25.2. The van der Waals surface area contributed by atoms with Gasteiger partial charge in [-0.25, -0.2) is 0 Å². The van der Waals surface area contributed by atoms with Crippen molar-refractivity contribution in [1.29, 1.82) is 0 Å². The minimum atomic E-state index is -0.296. The molecule has 0 aliphatic carbocycles. The number of nitrogens with zero attached hydrogens (tertiary/aromatic N) is 1. The van der Waals surface area contributed by atoms with Crippen molar-refractivity contribution in [2.24, 2.45) is 0 Å². The van der Waals surface area contributed by atoms with E-state index in [1.165, 1.54) is 4.90 Å². The summed E-state index contributed by atoms with van der Waals surface area (Å²) in [6.45, 7) is 2.93. The van der Waals surface area contributed by atoms with Crippen molar-refractivity contribution in [3.8, 4) is 5.75 Å². The van der Waals surface area contributed by atoms with Crippen molar-refractivity contribution in [3.05, 3.63) is 29.8 Å². The summed E-state index contributed by atoms with van der Waals surface area (Å²) in [7, 11) is 0. The molecule has 0 saturated carbocycles. The Kier molecular flexibility index (Phi) is 2.98. The van der Waals surface area contributed by atoms with Crippen LogP contribution < -0.4 is 10.1 Å². The Morgan fingerprint density at radius 1 is 1.37 bits per heavy atom. The molecule has 0 radical (unpaired) electrons. The largest absolute Gasteiger partial charge is 0.493 e. The molecule has 0 bridgehead atoms. The Labute approximate surface area is 111 Å². The minimum absolute atomic E-state index is 0.0781. The van der Waals surface area contributed by atoms with Gasteiger partial charge in [0.1, 0.15) is 5.75 Å². The van der Waals surface area contributed by atoms with E-state index < -0.39 is 0 Å². The molecule has 0 spiro atoms. The lowest BCUT2D eigenvalue weighted by molar-refractivity contribution is -0.149. The lowest BCUT2D eigenvalue weighted by Crippen LogP contribution is -2.57. The second-order valence-electron chi connectivity index (χ2n) is 4.99. The van der Waals surface area contributed by atoms with E-state index in [9.17, 15) is 9.59 Å². The molecule has 0 aromatic heterocycles. The number of carbonyl (C=O) groups excluding carboxylic acids is 2. The molecule has 1 fully saturated rings. The number of fused-ring (bicyclic) bond motifs is 1. The monoisotopic (exact) mass is 260 g/mol. The van der Waals surface area contributed by atoms with Gasteiger partial charge in [0, 0.05) is 18.0 Å². The molecule has 100 valence electrons. The summed E-state index contributed by atoms with van der Waals surface area (Å²) in [5.41, 5.74) is 1.08. The maximum atomic E-state index is 12.0. The zero-order valence-electron chi connectivity index (χ0n) is 10.8. The van der Waals surface area contributed by atoms with Gasteiger partial charge in [-0.05, 0) is 13.0 Å². The van der Waals surface area contributed by atoms with Crippen LogP contribution in [0.2, 0.25) is 0 Å². The molecule has 2 aliphatic rings. The normalized spacial score (nSPS) is 26.3. The van der Waals surface area contributed by atoms with Gasteiger partial charge in [-0.3, -0.25) is 19.8 Å². The summed E-state index contributed by atoms with van der Waals surface area (Å²) in [5, 5.41) is 2.88. The number of piperazine rings is 1. The Morgan fingerprint density at radius 2 is 2.16 bits per heavy atom. The third-order valence-corrected chi connectivity index (χ3v) is 3.70. The van der Waals surface area contributed by atoms with Crippen LogP contribution in [0, 0.1) is 0 Å². The van der Waals surface area contributed by atoms with Crippen LogP contribution in [0.25, 0.3) is 0 Å². The average Bonchev–Trinajstić information content (AvgIpc) is 2.83. The maximum absolute atomic E-state index is 12.0. The van der Waals surface area contributed by atoms with Gasteiger partial charge in [0.05, 0.1) is 19.2 Å². The molecule has 2 heterocycles. The Balaban J connectivity index is 1.79. The van der Waals surface area contributed by atoms with Crippen molar-refractivity contribution >= 4 is 11.8 Å². The number of hydrogen-bond donors (Lipinski definition) is 1. The third-order valence-electron chi connectivity index (χ3n) is 3.70. The van der Waals surface area contributed by atoms with Crippen LogP contribution in [0.1, 0.15) is 18.4 Å². The predicted octanol–water partition coefficient (Wildman–Crippen LogP) is 0.509. The van der Waals surface area contributed by atoms with Gasteiger partial charge in [0.25, 0.3) is 0 Å². The number of amides is 2. The Hall–Kier alpha value is -1.88. The lowest BCUT2D eigenvalue weighted by atomic mass is 10.00. The average molecular weight is 260 g/mol. The molecular weight excluding hydrogens is 244 g/mol. The third kappa shape index (κ3) is 2.10. The van der Waals surface area contributed by atoms with Gasteiger partial charge >= 0.3 is 0 Å². The first-order valence-corrected chi connectivity index (χ1v) is 6.46. The fourth-order valence-corrected chi connectivity index (χ4v) is 2.57. The Bertz CT molecular complexity index is 529. The Morgan fingerprint density at radius 3 is 3.00 bits per heavy atom. The highest BCUT2D eigenvalue weighted by Crippen LogP contribution is 2.34. The molecular formula is C14H16N2O3. The molecule has 2 amide bonds. The van der Waals surface area contributed by atoms with Crippen LogP contribution in [-0.4, -0.2) is 42.5 Å². The molecule has 3 rings (SSSR count). The topological polar surface area (TPSA) is 58.6 Å². The number of carbonyl (C=O) groups is 2. The molecule has 1 aromatic carbocycles. The van der Waals surface area contributed by atoms with E-state index in [0.29, 0.717) is 13.2 Å². The van der Waals surface area contributed by atoms with Crippen molar-refractivity contribution in [1.82, 2.24) is 10.2 Å². The van der Waals surface area contributed by atoms with E-state index in [2.05, 4.69) is 5.32 Å². The molecule has 5 heteroatoms. The first kappa shape index (κ1) is 12.2. The summed E-state index contributed by atoms with van der Waals surface area (Å²) in [6, 6.07) is 7.48. The highest BCUT2D eigenvalue weighted by Gasteiger charge is 2.35. The van der Waals surface area contributed by atoms with Crippen molar-refractivity contribution in [3.63, 3.8) is 0 Å². The number of rotatable bonds is 2. The van der Waals surface area contributed by atoms with E-state index in [1.807, 2.05) is 24.3 Å². The van der Waals surface area contributed by atoms with Crippen LogP contribution in [0.15, 0.2) is 24.3 Å². The summed E-state index contributed by atoms with van der Waals surface area (Å²) in [5.74, 6) is 0.623. The van der Waals surface area contributed by atoms with E-state index in [0.717, 1.165) is 11.3 Å². The number of benzene rings is 1. The van der Waals surface area contributed by atoms with Gasteiger partial charge in [0.15, 0.2) is 0 Å². The second kappa shape index (κ2) is 4.66. The van der Waals surface area contributed by atoms with E-state index in [-0.39, 0.29) is 30.3 Å². The summed E-state index contributed by atoms with van der Waals surface area (Å²) < 4.78 is 5.59. The first-order chi connectivity index (χ1) is 9.16. The van der Waals surface area contributed by atoms with Crippen molar-refractivity contribution in [2.45, 2.75) is 18.9 Å². The molecule has 5 nitrogen and oxygen atoms in total. The van der Waals surface area contributed by atoms with Crippen LogP contribution in [0.5, 0.6) is 5.75 Å². The van der Waals surface area contributed by atoms with Gasteiger partial charge in [-0.2, -0.15) is 0 Å². The highest BCUT2D eigenvalue weighted by atomic mass is 16.5. The molecule has 2 atom stereocenters. The van der Waals surface area contributed by atoms with Gasteiger partial charge < -0.3 is 4.74 Å². The first-order valence-electron chi connectivity index (χ1n) is 6.46. The van der Waals surface area contributed by atoms with Gasteiger partial charge in [0.2, 0.25) is 11.8 Å². The molecule has 1 saturated heterocycles. The van der Waals surface area contributed by atoms with Crippen LogP contribution in [-0.2, 0) is 9.59 Å². The van der Waals surface area contributed by atoms with Crippen LogP contribution in [0.3, 0.4) is 0 Å². The summed E-state index contributed by atoms with van der Waals surface area (Å²) in [6.07, 6.45) is 0. The van der Waals surface area contributed by atoms with Gasteiger partial charge in [-0.1, -0.05) is 18.2 Å². The molecule has 1 N–H and O–H groups in total. The quantitative estimate of drug-likeness (QED) is 0.787. The number of imide groups is 1. The molecule has 1 aromatic rings. The zero-order valence-corrected chi connectivity index (χ0v) is 10.8. The smallest absolute Gasteiger partial charge is 0.246 e. The minimum Gasteiger partial charge on any atom is -0.493 e. The fourth-order valence-electron chi connectivity index (χ4n) is 2.57. The standard InChI is InChI=1S/C14H16N2O3/c1-9-14(18)16(13(17)6-15-9)7-10-8-19-12-5-3-2-4-11(10)12/h2-5,9-10,15H,6-8H2,1H3. The zero-order chi connectivity index (χ0) is 13.4. The molecule has 2 aliphatic heterocycles. The molecule has 19 heavy (non-hydrogen) atoms. The highest BCUT2D eigenvalue weighted by molar-refractivity contribution is 6.01. The number of nitrogens with one attached hydrogen (secondary N) is 1. The number of hydrogen-bond acceptors (Lipinski definition) is 4. The van der Waals surface area contributed by atoms with Gasteiger partial charge in [-0.15, -0.1) is 0 Å². The maximum Gasteiger partial charge on any atom is 0.246 e. The predicted molar refractivity (Wildman–Crippen MR) is 68.9 cm³/mol. The number of ether oxygens (including phenoxy) is 1. The number of para-hydroxylation sites is 1. The van der Waals surface area contributed by atoms with E-state index in [1.54, 1.807) is 6.92 Å².